The fourth-order valence-corrected chi connectivity index (χ4v) is 4.62. The highest BCUT2D eigenvalue weighted by Crippen LogP contribution is 2.27. The van der Waals surface area contributed by atoms with Crippen molar-refractivity contribution >= 4 is 10.0 Å². The molecule has 1 unspecified atom stereocenters. The molecule has 0 saturated carbocycles. The van der Waals surface area contributed by atoms with E-state index in [2.05, 4.69) is 15.3 Å². The third-order valence-electron chi connectivity index (χ3n) is 4.86. The van der Waals surface area contributed by atoms with E-state index < -0.39 is 10.0 Å². The standard InChI is InChI=1S/C18H22N6O2S/c1-14(2)22-12-18(19-13-22)27(25,26)23-9-8-16(10-23)24-11-17(20-21-24)15-6-4-3-5-7-15/h3-7,11-14,16H,8-10H2,1-2H3. The predicted octanol–water partition coefficient (Wildman–Crippen LogP) is 2.36. The summed E-state index contributed by atoms with van der Waals surface area (Å²) in [6.07, 6.45) is 5.73. The summed E-state index contributed by atoms with van der Waals surface area (Å²) < 4.78 is 30.8. The summed E-state index contributed by atoms with van der Waals surface area (Å²) in [4.78, 5) is 4.09. The zero-order valence-electron chi connectivity index (χ0n) is 15.3. The van der Waals surface area contributed by atoms with E-state index >= 15 is 0 Å². The molecule has 3 aromatic rings. The van der Waals surface area contributed by atoms with Crippen molar-refractivity contribution in [1.82, 2.24) is 28.9 Å². The predicted molar refractivity (Wildman–Crippen MR) is 100 cm³/mol. The minimum Gasteiger partial charge on any atom is -0.334 e. The van der Waals surface area contributed by atoms with Gasteiger partial charge < -0.3 is 4.57 Å². The fraction of sp³-hybridized carbons (Fsp3) is 0.389. The first-order valence-electron chi connectivity index (χ1n) is 8.96. The van der Waals surface area contributed by atoms with Gasteiger partial charge in [0, 0.05) is 30.9 Å². The van der Waals surface area contributed by atoms with Crippen molar-refractivity contribution in [3.63, 3.8) is 0 Å². The summed E-state index contributed by atoms with van der Waals surface area (Å²) in [5, 5.41) is 8.54. The highest BCUT2D eigenvalue weighted by Gasteiger charge is 2.35. The monoisotopic (exact) mass is 386 g/mol. The van der Waals surface area contributed by atoms with Crippen molar-refractivity contribution in [3.8, 4) is 11.3 Å². The van der Waals surface area contributed by atoms with Gasteiger partial charge in [0.2, 0.25) is 0 Å². The molecule has 0 spiro atoms. The van der Waals surface area contributed by atoms with E-state index in [1.807, 2.05) is 50.4 Å². The van der Waals surface area contributed by atoms with Crippen LogP contribution in [0.4, 0.5) is 0 Å². The molecule has 142 valence electrons. The molecule has 1 aromatic carbocycles. The molecule has 0 radical (unpaired) electrons. The molecule has 0 amide bonds. The van der Waals surface area contributed by atoms with Gasteiger partial charge in [0.05, 0.1) is 18.6 Å². The average molecular weight is 386 g/mol. The van der Waals surface area contributed by atoms with E-state index in [1.54, 1.807) is 21.8 Å². The highest BCUT2D eigenvalue weighted by molar-refractivity contribution is 7.89. The zero-order chi connectivity index (χ0) is 19.0. The third kappa shape index (κ3) is 3.40. The maximum atomic E-state index is 12.9. The van der Waals surface area contributed by atoms with Crippen LogP contribution in [-0.2, 0) is 10.0 Å². The molecule has 0 bridgehead atoms. The number of aromatic nitrogens is 5. The SMILES string of the molecule is CC(C)n1cnc(S(=O)(=O)N2CCC(n3cc(-c4ccccc4)nn3)C2)c1. The lowest BCUT2D eigenvalue weighted by molar-refractivity contribution is 0.427. The van der Waals surface area contributed by atoms with Crippen LogP contribution in [0.1, 0.15) is 32.4 Å². The van der Waals surface area contributed by atoms with Crippen LogP contribution in [0, 0.1) is 0 Å². The van der Waals surface area contributed by atoms with Crippen LogP contribution >= 0.6 is 0 Å². The summed E-state index contributed by atoms with van der Waals surface area (Å²) in [6, 6.07) is 9.95. The van der Waals surface area contributed by atoms with Gasteiger partial charge in [0.1, 0.15) is 5.69 Å². The molecule has 1 saturated heterocycles. The molecule has 0 N–H and O–H groups in total. The Morgan fingerprint density at radius 3 is 2.63 bits per heavy atom. The van der Waals surface area contributed by atoms with Crippen molar-refractivity contribution in [2.75, 3.05) is 13.1 Å². The van der Waals surface area contributed by atoms with Crippen LogP contribution in [-0.4, -0.2) is 50.4 Å². The van der Waals surface area contributed by atoms with Crippen LogP contribution in [0.15, 0.2) is 54.1 Å². The number of imidazole rings is 1. The molecule has 0 aliphatic carbocycles. The van der Waals surface area contributed by atoms with E-state index in [0.29, 0.717) is 19.5 Å². The van der Waals surface area contributed by atoms with Gasteiger partial charge in [-0.15, -0.1) is 5.10 Å². The van der Waals surface area contributed by atoms with E-state index in [9.17, 15) is 8.42 Å². The summed E-state index contributed by atoms with van der Waals surface area (Å²) in [5.74, 6) is 0. The number of hydrogen-bond donors (Lipinski definition) is 0. The fourth-order valence-electron chi connectivity index (χ4n) is 3.21. The molecule has 3 heterocycles. The first kappa shape index (κ1) is 17.9. The van der Waals surface area contributed by atoms with Crippen LogP contribution in [0.25, 0.3) is 11.3 Å². The van der Waals surface area contributed by atoms with E-state index in [0.717, 1.165) is 11.3 Å². The maximum absolute atomic E-state index is 12.9. The number of nitrogens with zero attached hydrogens (tertiary/aromatic N) is 6. The lowest BCUT2D eigenvalue weighted by atomic mass is 10.2. The van der Waals surface area contributed by atoms with Crippen molar-refractivity contribution in [1.29, 1.82) is 0 Å². The van der Waals surface area contributed by atoms with Crippen LogP contribution in [0.2, 0.25) is 0 Å². The van der Waals surface area contributed by atoms with Gasteiger partial charge in [-0.05, 0) is 20.3 Å². The maximum Gasteiger partial charge on any atom is 0.262 e. The molecule has 8 nitrogen and oxygen atoms in total. The van der Waals surface area contributed by atoms with E-state index in [1.165, 1.54) is 4.31 Å². The van der Waals surface area contributed by atoms with Crippen molar-refractivity contribution in [2.45, 2.75) is 37.4 Å². The molecule has 4 rings (SSSR count). The molecule has 2 aromatic heterocycles. The van der Waals surface area contributed by atoms with E-state index in [-0.39, 0.29) is 17.1 Å². The van der Waals surface area contributed by atoms with Crippen LogP contribution < -0.4 is 0 Å². The Labute approximate surface area is 158 Å². The Bertz CT molecular complexity index is 1030. The van der Waals surface area contributed by atoms with Gasteiger partial charge in [0.25, 0.3) is 10.0 Å². The zero-order valence-corrected chi connectivity index (χ0v) is 16.1. The Hall–Kier alpha value is -2.52. The molecule has 1 aliphatic rings. The molecule has 1 aliphatic heterocycles. The molecule has 1 fully saturated rings. The van der Waals surface area contributed by atoms with E-state index in [4.69, 9.17) is 0 Å². The Kier molecular flexibility index (Phi) is 4.56. The van der Waals surface area contributed by atoms with Crippen LogP contribution in [0.5, 0.6) is 0 Å². The second kappa shape index (κ2) is 6.90. The summed E-state index contributed by atoms with van der Waals surface area (Å²) in [7, 11) is -3.60. The Morgan fingerprint density at radius 1 is 1.15 bits per heavy atom. The highest BCUT2D eigenvalue weighted by atomic mass is 32.2. The van der Waals surface area contributed by atoms with Crippen molar-refractivity contribution in [3.05, 3.63) is 49.1 Å². The Balaban J connectivity index is 1.51. The topological polar surface area (TPSA) is 85.9 Å². The van der Waals surface area contributed by atoms with Gasteiger partial charge in [-0.1, -0.05) is 35.5 Å². The lowest BCUT2D eigenvalue weighted by Crippen LogP contribution is -2.29. The first-order chi connectivity index (χ1) is 12.9. The van der Waals surface area contributed by atoms with Crippen molar-refractivity contribution < 1.29 is 8.42 Å². The largest absolute Gasteiger partial charge is 0.334 e. The lowest BCUT2D eigenvalue weighted by Gasteiger charge is -2.15. The molecular formula is C18H22N6O2S. The smallest absolute Gasteiger partial charge is 0.262 e. The summed E-state index contributed by atoms with van der Waals surface area (Å²) >= 11 is 0. The number of rotatable bonds is 5. The van der Waals surface area contributed by atoms with Gasteiger partial charge in [-0.3, -0.25) is 0 Å². The number of hydrogen-bond acceptors (Lipinski definition) is 5. The van der Waals surface area contributed by atoms with Gasteiger partial charge in [0.15, 0.2) is 5.03 Å². The minimum atomic E-state index is -3.60. The minimum absolute atomic E-state index is 0.0306. The summed E-state index contributed by atoms with van der Waals surface area (Å²) in [5.41, 5.74) is 1.78. The molecule has 9 heteroatoms. The second-order valence-corrected chi connectivity index (χ2v) is 8.89. The third-order valence-corrected chi connectivity index (χ3v) is 6.61. The van der Waals surface area contributed by atoms with Gasteiger partial charge in [-0.2, -0.15) is 4.31 Å². The Morgan fingerprint density at radius 2 is 1.93 bits per heavy atom. The van der Waals surface area contributed by atoms with Crippen molar-refractivity contribution in [2.24, 2.45) is 0 Å². The number of benzene rings is 1. The summed E-state index contributed by atoms with van der Waals surface area (Å²) in [6.45, 7) is 4.79. The molecular weight excluding hydrogens is 364 g/mol. The van der Waals surface area contributed by atoms with Gasteiger partial charge >= 0.3 is 0 Å². The molecule has 1 atom stereocenters. The molecule has 27 heavy (non-hydrogen) atoms. The first-order valence-corrected chi connectivity index (χ1v) is 10.4. The second-order valence-electron chi connectivity index (χ2n) is 7.01. The van der Waals surface area contributed by atoms with Crippen LogP contribution in [0.3, 0.4) is 0 Å². The quantitative estimate of drug-likeness (QED) is 0.672. The number of sulfonamides is 1. The normalized spacial score (nSPS) is 18.4. The van der Waals surface area contributed by atoms with Gasteiger partial charge in [-0.25, -0.2) is 18.1 Å². The average Bonchev–Trinajstić information content (AvgIpc) is 3.42.